The molecule has 0 saturated carbocycles. The summed E-state index contributed by atoms with van der Waals surface area (Å²) in [4.78, 5) is 30.3. The molecule has 1 aliphatic heterocycles. The van der Waals surface area contributed by atoms with E-state index in [1.807, 2.05) is 37.3 Å². The summed E-state index contributed by atoms with van der Waals surface area (Å²) < 4.78 is 10.9. The number of Topliss-reactive ketones (excluding diaryl/α,β-unsaturated/α-hetero) is 1. The molecule has 1 saturated heterocycles. The number of β-amino-alcohol motifs (C(OH)–C–C–N with tert-alkyl or cyclic N) is 1. The van der Waals surface area contributed by atoms with Gasteiger partial charge in [-0.3, -0.25) is 9.59 Å². The van der Waals surface area contributed by atoms with Gasteiger partial charge < -0.3 is 24.2 Å². The van der Waals surface area contributed by atoms with Crippen molar-refractivity contribution in [3.05, 3.63) is 65.7 Å². The highest BCUT2D eigenvalue weighted by Gasteiger charge is 2.28. The number of hydrogen-bond acceptors (Lipinski definition) is 9. The van der Waals surface area contributed by atoms with Crippen molar-refractivity contribution < 1.29 is 28.8 Å². The second kappa shape index (κ2) is 10.5. The fourth-order valence-electron chi connectivity index (χ4n) is 4.20. The smallest absolute Gasteiger partial charge is 0.297 e. The molecule has 190 valence electrons. The SMILES string of the molecule is Cc1c(-c2ccccc2)noc1-c1nc(-c2ccc(C(O)C(=O)CCCC(=O)N3CC(O)C3)cc2)no1. The summed E-state index contributed by atoms with van der Waals surface area (Å²) in [6, 6.07) is 16.3. The molecule has 3 heterocycles. The standard InChI is InChI=1S/C27H26N4O6/c1-16-23(17-6-3-2-4-7-17)29-36-25(16)27-28-26(30-37-27)19-12-10-18(11-13-19)24(35)21(33)8-5-9-22(34)31-14-20(32)15-31/h2-4,6-7,10-13,20,24,32,35H,5,8-9,14-15H2,1H3. The van der Waals surface area contributed by atoms with Crippen LogP contribution in [0.25, 0.3) is 34.3 Å². The number of nitrogens with zero attached hydrogens (tertiary/aromatic N) is 4. The molecule has 0 spiro atoms. The number of carbonyl (C=O) groups excluding carboxylic acids is 2. The molecule has 5 rings (SSSR count). The van der Waals surface area contributed by atoms with Crippen LogP contribution in [0.4, 0.5) is 0 Å². The van der Waals surface area contributed by atoms with E-state index in [4.69, 9.17) is 9.05 Å². The van der Waals surface area contributed by atoms with Gasteiger partial charge in [-0.25, -0.2) is 0 Å². The Kier molecular flexibility index (Phi) is 6.93. The van der Waals surface area contributed by atoms with E-state index in [0.29, 0.717) is 47.9 Å². The number of aliphatic hydroxyl groups excluding tert-OH is 2. The molecule has 1 amide bonds. The summed E-state index contributed by atoms with van der Waals surface area (Å²) >= 11 is 0. The van der Waals surface area contributed by atoms with Gasteiger partial charge in [0, 0.05) is 42.6 Å². The fraction of sp³-hybridized carbons (Fsp3) is 0.296. The number of ketones is 1. The Bertz CT molecular complexity index is 1390. The van der Waals surface area contributed by atoms with E-state index in [2.05, 4.69) is 15.3 Å². The maximum atomic E-state index is 12.4. The Labute approximate surface area is 212 Å². The van der Waals surface area contributed by atoms with E-state index < -0.39 is 12.2 Å². The van der Waals surface area contributed by atoms with Gasteiger partial charge in [0.15, 0.2) is 5.78 Å². The number of benzene rings is 2. The monoisotopic (exact) mass is 502 g/mol. The average Bonchev–Trinajstić information content (AvgIpc) is 3.53. The number of aromatic nitrogens is 3. The van der Waals surface area contributed by atoms with E-state index >= 15 is 0 Å². The third-order valence-electron chi connectivity index (χ3n) is 6.41. The van der Waals surface area contributed by atoms with Gasteiger partial charge >= 0.3 is 0 Å². The van der Waals surface area contributed by atoms with Gasteiger partial charge in [0.05, 0.1) is 6.10 Å². The molecule has 10 heteroatoms. The van der Waals surface area contributed by atoms with Crippen LogP contribution in [0.2, 0.25) is 0 Å². The van der Waals surface area contributed by atoms with Crippen molar-refractivity contribution in [2.75, 3.05) is 13.1 Å². The minimum absolute atomic E-state index is 0.0841. The molecule has 2 aromatic carbocycles. The number of amides is 1. The third-order valence-corrected chi connectivity index (χ3v) is 6.41. The fourth-order valence-corrected chi connectivity index (χ4v) is 4.20. The summed E-state index contributed by atoms with van der Waals surface area (Å²) in [5.74, 6) is 0.464. The van der Waals surface area contributed by atoms with Crippen molar-refractivity contribution in [1.82, 2.24) is 20.2 Å². The van der Waals surface area contributed by atoms with E-state index in [-0.39, 0.29) is 30.4 Å². The lowest BCUT2D eigenvalue weighted by Gasteiger charge is -2.35. The zero-order chi connectivity index (χ0) is 25.9. The summed E-state index contributed by atoms with van der Waals surface area (Å²) in [5.41, 5.74) is 3.47. The van der Waals surface area contributed by atoms with Crippen molar-refractivity contribution in [2.24, 2.45) is 0 Å². The molecule has 0 bridgehead atoms. The number of likely N-dealkylation sites (tertiary alicyclic amines) is 1. The van der Waals surface area contributed by atoms with Crippen LogP contribution in [-0.4, -0.2) is 61.3 Å². The van der Waals surface area contributed by atoms with Crippen LogP contribution >= 0.6 is 0 Å². The quantitative estimate of drug-likeness (QED) is 0.352. The second-order valence-corrected chi connectivity index (χ2v) is 9.07. The molecule has 1 fully saturated rings. The Hall–Kier alpha value is -4.15. The molecule has 0 aliphatic carbocycles. The molecule has 2 N–H and O–H groups in total. The molecular weight excluding hydrogens is 476 g/mol. The zero-order valence-electron chi connectivity index (χ0n) is 20.2. The first kappa shape index (κ1) is 24.5. The van der Waals surface area contributed by atoms with E-state index in [0.717, 1.165) is 11.1 Å². The highest BCUT2D eigenvalue weighted by Crippen LogP contribution is 2.32. The normalized spacial score (nSPS) is 14.4. The Morgan fingerprint density at radius 2 is 1.73 bits per heavy atom. The highest BCUT2D eigenvalue weighted by atomic mass is 16.5. The van der Waals surface area contributed by atoms with E-state index in [1.165, 1.54) is 0 Å². The van der Waals surface area contributed by atoms with Gasteiger partial charge in [-0.05, 0) is 18.9 Å². The lowest BCUT2D eigenvalue weighted by Crippen LogP contribution is -2.53. The maximum Gasteiger partial charge on any atom is 0.297 e. The molecule has 1 aliphatic rings. The van der Waals surface area contributed by atoms with Gasteiger partial charge in [0.2, 0.25) is 17.5 Å². The first-order valence-corrected chi connectivity index (χ1v) is 12.0. The molecule has 37 heavy (non-hydrogen) atoms. The van der Waals surface area contributed by atoms with Gasteiger partial charge in [-0.2, -0.15) is 4.98 Å². The molecule has 1 atom stereocenters. The minimum Gasteiger partial charge on any atom is -0.389 e. The number of carbonyl (C=O) groups is 2. The number of aliphatic hydroxyl groups is 2. The van der Waals surface area contributed by atoms with Gasteiger partial charge in [0.25, 0.3) is 5.89 Å². The van der Waals surface area contributed by atoms with Crippen molar-refractivity contribution in [3.8, 4) is 34.3 Å². The third kappa shape index (κ3) is 5.20. The van der Waals surface area contributed by atoms with Crippen LogP contribution in [0, 0.1) is 6.92 Å². The topological polar surface area (TPSA) is 143 Å². The highest BCUT2D eigenvalue weighted by molar-refractivity contribution is 5.85. The van der Waals surface area contributed by atoms with Crippen molar-refractivity contribution in [3.63, 3.8) is 0 Å². The lowest BCUT2D eigenvalue weighted by atomic mass is 10.00. The van der Waals surface area contributed by atoms with Crippen LogP contribution in [0.15, 0.2) is 63.6 Å². The summed E-state index contributed by atoms with van der Waals surface area (Å²) in [7, 11) is 0. The lowest BCUT2D eigenvalue weighted by molar-refractivity contribution is -0.141. The second-order valence-electron chi connectivity index (χ2n) is 9.07. The molecule has 1 unspecified atom stereocenters. The van der Waals surface area contributed by atoms with Crippen LogP contribution in [0.1, 0.15) is 36.5 Å². The van der Waals surface area contributed by atoms with Gasteiger partial charge in [-0.1, -0.05) is 64.9 Å². The van der Waals surface area contributed by atoms with E-state index in [1.54, 1.807) is 29.2 Å². The van der Waals surface area contributed by atoms with Crippen LogP contribution < -0.4 is 0 Å². The van der Waals surface area contributed by atoms with Gasteiger partial charge in [0.1, 0.15) is 11.8 Å². The van der Waals surface area contributed by atoms with E-state index in [9.17, 15) is 19.8 Å². The average molecular weight is 503 g/mol. The van der Waals surface area contributed by atoms with Crippen LogP contribution in [-0.2, 0) is 9.59 Å². The zero-order valence-corrected chi connectivity index (χ0v) is 20.2. The predicted octanol–water partition coefficient (Wildman–Crippen LogP) is 3.34. The summed E-state index contributed by atoms with van der Waals surface area (Å²) in [6.45, 7) is 2.56. The number of hydrogen-bond donors (Lipinski definition) is 2. The van der Waals surface area contributed by atoms with Crippen molar-refractivity contribution in [2.45, 2.75) is 38.4 Å². The molecule has 10 nitrogen and oxygen atoms in total. The maximum absolute atomic E-state index is 12.4. The Morgan fingerprint density at radius 3 is 2.43 bits per heavy atom. The molecule has 0 radical (unpaired) electrons. The van der Waals surface area contributed by atoms with Crippen LogP contribution in [0.5, 0.6) is 0 Å². The largest absolute Gasteiger partial charge is 0.389 e. The van der Waals surface area contributed by atoms with Gasteiger partial charge in [-0.15, -0.1) is 0 Å². The van der Waals surface area contributed by atoms with Crippen molar-refractivity contribution in [1.29, 1.82) is 0 Å². The number of rotatable bonds is 9. The first-order chi connectivity index (χ1) is 17.9. The van der Waals surface area contributed by atoms with Crippen molar-refractivity contribution >= 4 is 11.7 Å². The molecular formula is C27H26N4O6. The summed E-state index contributed by atoms with van der Waals surface area (Å²) in [6.07, 6.45) is -1.10. The Balaban J connectivity index is 1.20. The minimum atomic E-state index is -1.29. The molecule has 2 aromatic heterocycles. The predicted molar refractivity (Wildman–Crippen MR) is 132 cm³/mol. The molecule has 4 aromatic rings. The summed E-state index contributed by atoms with van der Waals surface area (Å²) in [5, 5.41) is 27.9. The van der Waals surface area contributed by atoms with Crippen LogP contribution in [0.3, 0.4) is 0 Å². The first-order valence-electron chi connectivity index (χ1n) is 12.0. The Morgan fingerprint density at radius 1 is 1.00 bits per heavy atom.